The van der Waals surface area contributed by atoms with Crippen LogP contribution in [0.4, 0.5) is 4.39 Å². The van der Waals surface area contributed by atoms with Crippen LogP contribution in [-0.4, -0.2) is 48.0 Å². The first kappa shape index (κ1) is 24.0. The highest BCUT2D eigenvalue weighted by Gasteiger charge is 2.30. The number of aromatic nitrogens is 2. The zero-order valence-electron chi connectivity index (χ0n) is 19.3. The van der Waals surface area contributed by atoms with E-state index in [2.05, 4.69) is 14.9 Å². The van der Waals surface area contributed by atoms with E-state index in [1.54, 1.807) is 37.8 Å². The number of hydrogen-bond acceptors (Lipinski definition) is 6. The van der Waals surface area contributed by atoms with Crippen molar-refractivity contribution in [2.75, 3.05) is 13.1 Å². The molecule has 1 aromatic heterocycles. The lowest BCUT2D eigenvalue weighted by atomic mass is 9.97. The third-order valence-corrected chi connectivity index (χ3v) is 7.21. The number of halogens is 1. The number of sulfonamides is 1. The summed E-state index contributed by atoms with van der Waals surface area (Å²) in [5.74, 6) is 0.00168. The molecule has 1 N–H and O–H groups in total. The Kier molecular flexibility index (Phi) is 6.55. The van der Waals surface area contributed by atoms with Crippen molar-refractivity contribution in [3.05, 3.63) is 65.8 Å². The molecule has 1 amide bonds. The van der Waals surface area contributed by atoms with Crippen molar-refractivity contribution in [1.82, 2.24) is 19.8 Å². The van der Waals surface area contributed by atoms with E-state index < -0.39 is 15.6 Å². The average Bonchev–Trinajstić information content (AvgIpc) is 3.28. The number of nitrogens with zero attached hydrogens (tertiary/aromatic N) is 3. The Bertz CT molecular complexity index is 1280. The second-order valence-electron chi connectivity index (χ2n) is 9.44. The molecule has 0 aliphatic carbocycles. The molecule has 3 aromatic rings. The molecule has 1 aliphatic heterocycles. The van der Waals surface area contributed by atoms with Crippen LogP contribution in [0.5, 0.6) is 0 Å². The van der Waals surface area contributed by atoms with Gasteiger partial charge in [0.05, 0.1) is 10.8 Å². The molecule has 0 saturated carbocycles. The molecule has 0 radical (unpaired) electrons. The predicted molar refractivity (Wildman–Crippen MR) is 124 cm³/mol. The summed E-state index contributed by atoms with van der Waals surface area (Å²) < 4.78 is 46.5. The molecule has 10 heteroatoms. The van der Waals surface area contributed by atoms with Crippen LogP contribution < -0.4 is 4.72 Å². The SMILES string of the molecule is CC(C)(C)NS(=O)(=O)c1ccc(C(=O)N2CCCC(c3nc(-c4cccc(F)c4)no3)C2)cc1. The van der Waals surface area contributed by atoms with E-state index in [1.807, 2.05) is 0 Å². The minimum atomic E-state index is -3.68. The fraction of sp³-hybridized carbons (Fsp3) is 0.375. The highest BCUT2D eigenvalue weighted by Crippen LogP contribution is 2.28. The molecular weight excluding hydrogens is 459 g/mol. The summed E-state index contributed by atoms with van der Waals surface area (Å²) >= 11 is 0. The zero-order chi connectivity index (χ0) is 24.5. The molecule has 1 aliphatic rings. The van der Waals surface area contributed by atoms with Gasteiger partial charge in [-0.05, 0) is 70.0 Å². The number of carbonyl (C=O) groups excluding carboxylic acids is 1. The lowest BCUT2D eigenvalue weighted by molar-refractivity contribution is 0.0695. The first-order chi connectivity index (χ1) is 16.0. The van der Waals surface area contributed by atoms with Gasteiger partial charge in [0, 0.05) is 29.8 Å². The first-order valence-corrected chi connectivity index (χ1v) is 12.5. The molecule has 4 rings (SSSR count). The van der Waals surface area contributed by atoms with Crippen LogP contribution in [0.1, 0.15) is 55.8 Å². The predicted octanol–water partition coefficient (Wildman–Crippen LogP) is 3.97. The number of likely N-dealkylation sites (tertiary alicyclic amines) is 1. The van der Waals surface area contributed by atoms with Gasteiger partial charge in [-0.1, -0.05) is 17.3 Å². The van der Waals surface area contributed by atoms with Gasteiger partial charge in [0.15, 0.2) is 0 Å². The Balaban J connectivity index is 1.46. The van der Waals surface area contributed by atoms with Gasteiger partial charge in [-0.25, -0.2) is 17.5 Å². The maximum absolute atomic E-state index is 13.5. The first-order valence-electron chi connectivity index (χ1n) is 11.0. The number of hydrogen-bond donors (Lipinski definition) is 1. The van der Waals surface area contributed by atoms with E-state index in [0.29, 0.717) is 35.9 Å². The molecule has 180 valence electrons. The molecular formula is C24H27FN4O4S. The Morgan fingerprint density at radius 1 is 1.18 bits per heavy atom. The van der Waals surface area contributed by atoms with Crippen molar-refractivity contribution >= 4 is 15.9 Å². The molecule has 1 atom stereocenters. The Morgan fingerprint density at radius 2 is 1.91 bits per heavy atom. The summed E-state index contributed by atoms with van der Waals surface area (Å²) in [7, 11) is -3.68. The normalized spacial score (nSPS) is 17.1. The van der Waals surface area contributed by atoms with Crippen LogP contribution in [0.25, 0.3) is 11.4 Å². The summed E-state index contributed by atoms with van der Waals surface area (Å²) in [6, 6.07) is 11.9. The van der Waals surface area contributed by atoms with Gasteiger partial charge >= 0.3 is 0 Å². The highest BCUT2D eigenvalue weighted by atomic mass is 32.2. The minimum absolute atomic E-state index is 0.103. The van der Waals surface area contributed by atoms with Gasteiger partial charge in [-0.3, -0.25) is 4.79 Å². The third-order valence-electron chi connectivity index (χ3n) is 5.43. The summed E-state index contributed by atoms with van der Waals surface area (Å²) in [5, 5.41) is 3.97. The van der Waals surface area contributed by atoms with E-state index in [9.17, 15) is 17.6 Å². The average molecular weight is 487 g/mol. The number of rotatable bonds is 5. The number of piperidine rings is 1. The van der Waals surface area contributed by atoms with E-state index >= 15 is 0 Å². The standard InChI is InChI=1S/C24H27FN4O4S/c1-24(2,3)28-34(31,32)20-11-9-16(10-12-20)23(30)29-13-5-7-18(15-29)22-26-21(27-33-22)17-6-4-8-19(25)14-17/h4,6,8-12,14,18,28H,5,7,13,15H2,1-3H3. The largest absolute Gasteiger partial charge is 0.339 e. The minimum Gasteiger partial charge on any atom is -0.339 e. The topological polar surface area (TPSA) is 105 Å². The summed E-state index contributed by atoms with van der Waals surface area (Å²) in [5.41, 5.74) is 0.315. The summed E-state index contributed by atoms with van der Waals surface area (Å²) in [4.78, 5) is 19.3. The molecule has 0 spiro atoms. The molecule has 0 bridgehead atoms. The molecule has 2 heterocycles. The number of amides is 1. The van der Waals surface area contributed by atoms with Crippen LogP contribution in [0, 0.1) is 5.82 Å². The third kappa shape index (κ3) is 5.51. The van der Waals surface area contributed by atoms with Gasteiger partial charge in [0.1, 0.15) is 5.82 Å². The van der Waals surface area contributed by atoms with Crippen molar-refractivity contribution in [1.29, 1.82) is 0 Å². The van der Waals surface area contributed by atoms with Crippen molar-refractivity contribution in [2.45, 2.75) is 50.0 Å². The molecule has 34 heavy (non-hydrogen) atoms. The number of benzene rings is 2. The number of nitrogens with one attached hydrogen (secondary N) is 1. The second-order valence-corrected chi connectivity index (χ2v) is 11.1. The highest BCUT2D eigenvalue weighted by molar-refractivity contribution is 7.89. The maximum Gasteiger partial charge on any atom is 0.253 e. The van der Waals surface area contributed by atoms with Crippen LogP contribution in [0.3, 0.4) is 0 Å². The van der Waals surface area contributed by atoms with Gasteiger partial charge in [0.2, 0.25) is 21.7 Å². The fourth-order valence-electron chi connectivity index (χ4n) is 3.93. The van der Waals surface area contributed by atoms with Crippen LogP contribution in [0.2, 0.25) is 0 Å². The number of carbonyl (C=O) groups is 1. The quantitative estimate of drug-likeness (QED) is 0.585. The fourth-order valence-corrected chi connectivity index (χ4v) is 5.35. The van der Waals surface area contributed by atoms with E-state index in [-0.39, 0.29) is 22.5 Å². The van der Waals surface area contributed by atoms with Crippen LogP contribution >= 0.6 is 0 Å². The monoisotopic (exact) mass is 486 g/mol. The van der Waals surface area contributed by atoms with E-state index in [1.165, 1.54) is 36.4 Å². The molecule has 1 unspecified atom stereocenters. The summed E-state index contributed by atoms with van der Waals surface area (Å²) in [6.45, 7) is 6.26. The molecule has 1 saturated heterocycles. The smallest absolute Gasteiger partial charge is 0.253 e. The molecule has 1 fully saturated rings. The van der Waals surface area contributed by atoms with Gasteiger partial charge in [-0.15, -0.1) is 0 Å². The molecule has 2 aromatic carbocycles. The van der Waals surface area contributed by atoms with Crippen molar-refractivity contribution < 1.29 is 22.1 Å². The van der Waals surface area contributed by atoms with Gasteiger partial charge in [0.25, 0.3) is 5.91 Å². The van der Waals surface area contributed by atoms with Crippen LogP contribution in [-0.2, 0) is 10.0 Å². The Hall–Kier alpha value is -3.11. The van der Waals surface area contributed by atoms with Gasteiger partial charge < -0.3 is 9.42 Å². The molecule has 8 nitrogen and oxygen atoms in total. The van der Waals surface area contributed by atoms with Gasteiger partial charge in [-0.2, -0.15) is 4.98 Å². The maximum atomic E-state index is 13.5. The van der Waals surface area contributed by atoms with E-state index in [0.717, 1.165) is 12.8 Å². The van der Waals surface area contributed by atoms with E-state index in [4.69, 9.17) is 4.52 Å². The van der Waals surface area contributed by atoms with Crippen LogP contribution in [0.15, 0.2) is 57.9 Å². The summed E-state index contributed by atoms with van der Waals surface area (Å²) in [6.07, 6.45) is 1.54. The second kappa shape index (κ2) is 9.27. The van der Waals surface area contributed by atoms with Crippen molar-refractivity contribution in [2.24, 2.45) is 0 Å². The van der Waals surface area contributed by atoms with Crippen molar-refractivity contribution in [3.8, 4) is 11.4 Å². The Morgan fingerprint density at radius 3 is 2.59 bits per heavy atom. The van der Waals surface area contributed by atoms with Crippen molar-refractivity contribution in [3.63, 3.8) is 0 Å². The Labute approximate surface area is 198 Å². The lowest BCUT2D eigenvalue weighted by Crippen LogP contribution is -2.40. The zero-order valence-corrected chi connectivity index (χ0v) is 20.1. The lowest BCUT2D eigenvalue weighted by Gasteiger charge is -2.31.